The smallest absolute Gasteiger partial charge is 0.335 e. The Balaban J connectivity index is 2.83. The Labute approximate surface area is 427 Å². The van der Waals surface area contributed by atoms with Crippen LogP contribution in [0.15, 0.2) is 122 Å². The predicted octanol–water partition coefficient (Wildman–Crippen LogP) is 12.9. The molecule has 1 saturated heterocycles. The molecule has 6 atom stereocenters. The van der Waals surface area contributed by atoms with Gasteiger partial charge in [0.15, 0.2) is 24.6 Å². The van der Waals surface area contributed by atoms with Gasteiger partial charge in [0.2, 0.25) is 0 Å². The third-order valence-corrected chi connectivity index (χ3v) is 11.0. The van der Waals surface area contributed by atoms with Crippen molar-refractivity contribution in [1.29, 1.82) is 0 Å². The van der Waals surface area contributed by atoms with E-state index in [0.29, 0.717) is 32.1 Å². The van der Waals surface area contributed by atoms with Crippen LogP contribution in [0.5, 0.6) is 0 Å². The Bertz CT molecular complexity index is 1700. The number of rotatable bonds is 42. The summed E-state index contributed by atoms with van der Waals surface area (Å²) in [5, 5.41) is 31.3. The van der Waals surface area contributed by atoms with Gasteiger partial charge in [-0.15, -0.1) is 0 Å². The van der Waals surface area contributed by atoms with Crippen LogP contribution in [0.2, 0.25) is 0 Å². The van der Waals surface area contributed by atoms with Gasteiger partial charge in [0.25, 0.3) is 0 Å². The highest BCUT2D eigenvalue weighted by atomic mass is 16.7. The van der Waals surface area contributed by atoms with E-state index in [-0.39, 0.29) is 25.9 Å². The van der Waals surface area contributed by atoms with Crippen molar-refractivity contribution in [3.63, 3.8) is 0 Å². The Morgan fingerprint density at radius 1 is 0.479 bits per heavy atom. The van der Waals surface area contributed by atoms with Crippen LogP contribution in [0.4, 0.5) is 0 Å². The summed E-state index contributed by atoms with van der Waals surface area (Å²) in [7, 11) is 0. The van der Waals surface area contributed by atoms with Crippen LogP contribution in [-0.2, 0) is 42.9 Å². The zero-order chi connectivity index (χ0) is 51.8. The van der Waals surface area contributed by atoms with Gasteiger partial charge in [0.05, 0.1) is 6.61 Å². The molecule has 1 fully saturated rings. The van der Waals surface area contributed by atoms with Crippen molar-refractivity contribution in [2.75, 3.05) is 13.2 Å². The molecule has 0 radical (unpaired) electrons. The summed E-state index contributed by atoms with van der Waals surface area (Å²) >= 11 is 0. The molecule has 0 bridgehead atoms. The van der Waals surface area contributed by atoms with Gasteiger partial charge in [-0.05, 0) is 103 Å². The molecule has 398 valence electrons. The van der Waals surface area contributed by atoms with E-state index in [0.717, 1.165) is 83.5 Å². The van der Waals surface area contributed by atoms with Gasteiger partial charge in [-0.25, -0.2) is 4.79 Å². The maximum Gasteiger partial charge on any atom is 0.335 e. The lowest BCUT2D eigenvalue weighted by Gasteiger charge is -2.40. The van der Waals surface area contributed by atoms with E-state index in [1.165, 1.54) is 19.3 Å². The Kier molecular flexibility index (Phi) is 41.7. The molecule has 0 spiro atoms. The number of unbranched alkanes of at least 4 members (excludes halogenated alkanes) is 8. The number of hydrogen-bond donors (Lipinski definition) is 3. The fraction of sp³-hybridized carbons (Fsp3) is 0.593. The number of ether oxygens (including phenoxy) is 5. The number of allylic oxidation sites excluding steroid dienone is 20. The van der Waals surface area contributed by atoms with E-state index in [4.69, 9.17) is 23.7 Å². The molecule has 1 rings (SSSR count). The first-order valence-electron chi connectivity index (χ1n) is 26.5. The van der Waals surface area contributed by atoms with Gasteiger partial charge < -0.3 is 39.0 Å². The molecule has 0 saturated carbocycles. The minimum atomic E-state index is -1.94. The summed E-state index contributed by atoms with van der Waals surface area (Å²) in [6.45, 7) is 5.58. The number of carbonyl (C=O) groups excluding carboxylic acids is 3. The molecule has 12 nitrogen and oxygen atoms in total. The highest BCUT2D eigenvalue weighted by Gasteiger charge is 2.50. The highest BCUT2D eigenvalue weighted by molar-refractivity contribution is 5.74. The molecule has 0 aromatic carbocycles. The first-order chi connectivity index (χ1) is 34.6. The quantitative estimate of drug-likeness (QED) is 0.0229. The van der Waals surface area contributed by atoms with Crippen LogP contribution >= 0.6 is 0 Å². The summed E-state index contributed by atoms with van der Waals surface area (Å²) in [5.41, 5.74) is 0. The summed E-state index contributed by atoms with van der Waals surface area (Å²) in [6.07, 6.45) is 50.8. The molecular weight excluding hydrogens is 901 g/mol. The van der Waals surface area contributed by atoms with Crippen molar-refractivity contribution >= 4 is 23.9 Å². The van der Waals surface area contributed by atoms with E-state index in [2.05, 4.69) is 106 Å². The maximum atomic E-state index is 13.0. The summed E-state index contributed by atoms with van der Waals surface area (Å²) in [4.78, 5) is 50.8. The van der Waals surface area contributed by atoms with Crippen molar-refractivity contribution < 1.29 is 58.2 Å². The molecule has 71 heavy (non-hydrogen) atoms. The first-order valence-corrected chi connectivity index (χ1v) is 26.5. The average Bonchev–Trinajstić information content (AvgIpc) is 3.35. The molecule has 1 heterocycles. The molecule has 0 aromatic rings. The normalized spacial score (nSPS) is 19.5. The minimum Gasteiger partial charge on any atom is -0.479 e. The van der Waals surface area contributed by atoms with Crippen molar-refractivity contribution in [2.45, 2.75) is 212 Å². The van der Waals surface area contributed by atoms with Gasteiger partial charge in [0.1, 0.15) is 18.8 Å². The number of esters is 3. The van der Waals surface area contributed by atoms with Crippen LogP contribution in [0, 0.1) is 0 Å². The van der Waals surface area contributed by atoms with Gasteiger partial charge in [-0.3, -0.25) is 14.4 Å². The molecule has 1 aliphatic rings. The largest absolute Gasteiger partial charge is 0.479 e. The molecule has 1 aliphatic heterocycles. The zero-order valence-corrected chi connectivity index (χ0v) is 43.4. The number of carbonyl (C=O) groups is 4. The SMILES string of the molecule is CC/C=C\C/C=C\C/C=C\C/C=C\CCC(=O)OC(COC(=O)CCCCCCC/C=C\C/C=C\CCCCC)COC1OC(C(=O)O)C(O)C(O)C1OC(=O)CC/C=C\C/C=C\C/C=C\C/C=C\CC. The van der Waals surface area contributed by atoms with E-state index in [1.54, 1.807) is 0 Å². The molecule has 3 N–H and O–H groups in total. The molecule has 12 heteroatoms. The molecule has 6 unspecified atom stereocenters. The van der Waals surface area contributed by atoms with Crippen LogP contribution in [0.25, 0.3) is 0 Å². The highest BCUT2D eigenvalue weighted by Crippen LogP contribution is 2.26. The lowest BCUT2D eigenvalue weighted by Crippen LogP contribution is -2.61. The van der Waals surface area contributed by atoms with E-state index in [9.17, 15) is 34.5 Å². The maximum absolute atomic E-state index is 13.0. The molecule has 0 aliphatic carbocycles. The predicted molar refractivity (Wildman–Crippen MR) is 284 cm³/mol. The number of aliphatic carboxylic acids is 1. The topological polar surface area (TPSA) is 175 Å². The van der Waals surface area contributed by atoms with Crippen molar-refractivity contribution in [3.8, 4) is 0 Å². The molecule has 0 aromatic heterocycles. The van der Waals surface area contributed by atoms with Gasteiger partial charge in [-0.2, -0.15) is 0 Å². The Morgan fingerprint density at radius 2 is 0.915 bits per heavy atom. The lowest BCUT2D eigenvalue weighted by molar-refractivity contribution is -0.301. The second kappa shape index (κ2) is 46.2. The summed E-state index contributed by atoms with van der Waals surface area (Å²) in [6, 6.07) is 0. The van der Waals surface area contributed by atoms with Crippen LogP contribution in [0.3, 0.4) is 0 Å². The van der Waals surface area contributed by atoms with Crippen molar-refractivity contribution in [2.24, 2.45) is 0 Å². The van der Waals surface area contributed by atoms with Crippen LogP contribution in [0.1, 0.15) is 175 Å². The summed E-state index contributed by atoms with van der Waals surface area (Å²) < 4.78 is 28.1. The van der Waals surface area contributed by atoms with Gasteiger partial charge in [0, 0.05) is 19.3 Å². The Hall–Kier alpha value is -4.88. The van der Waals surface area contributed by atoms with Crippen molar-refractivity contribution in [1.82, 2.24) is 0 Å². The van der Waals surface area contributed by atoms with Crippen LogP contribution in [-0.4, -0.2) is 89.2 Å². The second-order valence-corrected chi connectivity index (χ2v) is 17.4. The third kappa shape index (κ3) is 36.7. The van der Waals surface area contributed by atoms with Gasteiger partial charge in [-0.1, -0.05) is 174 Å². The minimum absolute atomic E-state index is 0.0239. The first kappa shape index (κ1) is 64.1. The average molecular weight is 991 g/mol. The number of hydrogen-bond acceptors (Lipinski definition) is 11. The number of carboxylic acid groups (broad SMARTS) is 1. The Morgan fingerprint density at radius 3 is 1.41 bits per heavy atom. The van der Waals surface area contributed by atoms with E-state index in [1.807, 2.05) is 36.5 Å². The van der Waals surface area contributed by atoms with E-state index < -0.39 is 67.3 Å². The number of aliphatic hydroxyl groups excluding tert-OH is 2. The van der Waals surface area contributed by atoms with E-state index >= 15 is 0 Å². The van der Waals surface area contributed by atoms with Gasteiger partial charge >= 0.3 is 23.9 Å². The van der Waals surface area contributed by atoms with Crippen molar-refractivity contribution in [3.05, 3.63) is 122 Å². The van der Waals surface area contributed by atoms with Crippen LogP contribution < -0.4 is 0 Å². The zero-order valence-electron chi connectivity index (χ0n) is 43.4. The standard InChI is InChI=1S/C59H90O12/c1-4-7-10-13-16-19-22-25-26-29-30-33-36-39-42-45-51(60)67-48-50(69-52(61)46-43-40-37-34-31-27-23-20-17-14-11-8-5-2)49-68-59-57(55(64)54(63)56(71-59)58(65)66)70-53(62)47-44-41-38-35-32-28-24-21-18-15-12-9-6-3/h8-9,11-12,16-21,25-28,31-32,37-38,40-41,50,54-57,59,63-64H,4-7,10,13-15,22-24,29-30,33-36,39,42-49H2,1-3H3,(H,65,66)/b11-8-,12-9-,19-16-,20-17-,21-18-,26-25-,31-27-,32-28-,40-37-,41-38-. The second-order valence-electron chi connectivity index (χ2n) is 17.4. The fourth-order valence-electron chi connectivity index (χ4n) is 7.01. The third-order valence-electron chi connectivity index (χ3n) is 11.0. The monoisotopic (exact) mass is 991 g/mol. The molecular formula is C59H90O12. The number of aliphatic hydroxyl groups is 2. The fourth-order valence-corrected chi connectivity index (χ4v) is 7.01. The number of carboxylic acids is 1. The summed E-state index contributed by atoms with van der Waals surface area (Å²) in [5.74, 6) is -3.38. The molecule has 0 amide bonds. The lowest BCUT2D eigenvalue weighted by atomic mass is 9.98.